The van der Waals surface area contributed by atoms with Gasteiger partial charge in [0.1, 0.15) is 6.04 Å². The standard InChI is InChI=1S/C32H39ClN2O2/c1-23(2)27-16-11-24(12-17-27)15-20-30(36)35(22-26-13-18-28(33)19-14-26)29(31(37)34-32(3,4)5)21-25-9-7-6-8-10-25/h6-14,16-19,23,29H,15,20-22H2,1-5H3,(H,34,37)/t29-/m1/s1. The fourth-order valence-corrected chi connectivity index (χ4v) is 4.38. The van der Waals surface area contributed by atoms with Crippen molar-refractivity contribution >= 4 is 23.4 Å². The fourth-order valence-electron chi connectivity index (χ4n) is 4.26. The molecule has 2 amide bonds. The van der Waals surface area contributed by atoms with Gasteiger partial charge in [0.25, 0.3) is 0 Å². The summed E-state index contributed by atoms with van der Waals surface area (Å²) in [6, 6.07) is 25.1. The van der Waals surface area contributed by atoms with Gasteiger partial charge >= 0.3 is 0 Å². The molecule has 4 nitrogen and oxygen atoms in total. The Morgan fingerprint density at radius 1 is 0.838 bits per heavy atom. The van der Waals surface area contributed by atoms with Gasteiger partial charge in [0.05, 0.1) is 0 Å². The lowest BCUT2D eigenvalue weighted by Crippen LogP contribution is -2.54. The summed E-state index contributed by atoms with van der Waals surface area (Å²) in [5.74, 6) is 0.262. The van der Waals surface area contributed by atoms with E-state index in [0.717, 1.165) is 16.7 Å². The van der Waals surface area contributed by atoms with Gasteiger partial charge in [0.2, 0.25) is 11.8 Å². The molecule has 0 radical (unpaired) electrons. The quantitative estimate of drug-likeness (QED) is 0.315. The van der Waals surface area contributed by atoms with Crippen molar-refractivity contribution in [1.29, 1.82) is 0 Å². The minimum Gasteiger partial charge on any atom is -0.350 e. The van der Waals surface area contributed by atoms with Crippen molar-refractivity contribution in [1.82, 2.24) is 10.2 Å². The Kier molecular flexibility index (Phi) is 9.93. The molecule has 0 aliphatic rings. The van der Waals surface area contributed by atoms with Crippen LogP contribution in [0.15, 0.2) is 78.9 Å². The van der Waals surface area contributed by atoms with Crippen molar-refractivity contribution in [3.8, 4) is 0 Å². The zero-order valence-electron chi connectivity index (χ0n) is 22.6. The summed E-state index contributed by atoms with van der Waals surface area (Å²) in [5, 5.41) is 3.74. The van der Waals surface area contributed by atoms with Crippen LogP contribution in [-0.4, -0.2) is 28.3 Å². The Morgan fingerprint density at radius 2 is 1.43 bits per heavy atom. The lowest BCUT2D eigenvalue weighted by molar-refractivity contribution is -0.141. The van der Waals surface area contributed by atoms with E-state index in [-0.39, 0.29) is 11.8 Å². The molecule has 0 aliphatic carbocycles. The first-order valence-corrected chi connectivity index (χ1v) is 13.4. The number of nitrogens with zero attached hydrogens (tertiary/aromatic N) is 1. The number of hydrogen-bond acceptors (Lipinski definition) is 2. The first kappa shape index (κ1) is 28.5. The van der Waals surface area contributed by atoms with Gasteiger partial charge in [-0.2, -0.15) is 0 Å². The summed E-state index contributed by atoms with van der Waals surface area (Å²) in [4.78, 5) is 29.1. The van der Waals surface area contributed by atoms with Gasteiger partial charge in [-0.1, -0.05) is 92.2 Å². The Bertz CT molecular complexity index is 1150. The molecule has 0 saturated carbocycles. The van der Waals surface area contributed by atoms with E-state index in [1.165, 1.54) is 5.56 Å². The van der Waals surface area contributed by atoms with E-state index in [4.69, 9.17) is 11.6 Å². The maximum absolute atomic E-state index is 13.8. The normalized spacial score (nSPS) is 12.3. The number of rotatable bonds is 10. The molecule has 3 rings (SSSR count). The van der Waals surface area contributed by atoms with Crippen LogP contribution < -0.4 is 5.32 Å². The minimum absolute atomic E-state index is 0.0483. The molecule has 3 aromatic rings. The highest BCUT2D eigenvalue weighted by Crippen LogP contribution is 2.20. The summed E-state index contributed by atoms with van der Waals surface area (Å²) in [6.07, 6.45) is 1.38. The molecule has 0 saturated heterocycles. The largest absolute Gasteiger partial charge is 0.350 e. The highest BCUT2D eigenvalue weighted by Gasteiger charge is 2.32. The molecule has 0 bridgehead atoms. The summed E-state index contributed by atoms with van der Waals surface area (Å²) in [7, 11) is 0. The molecule has 37 heavy (non-hydrogen) atoms. The van der Waals surface area contributed by atoms with Crippen molar-refractivity contribution in [2.75, 3.05) is 0 Å². The number of aryl methyl sites for hydroxylation is 1. The first-order chi connectivity index (χ1) is 17.5. The number of carbonyl (C=O) groups is 2. The number of halogens is 1. The predicted octanol–water partition coefficient (Wildman–Crippen LogP) is 6.95. The molecule has 1 N–H and O–H groups in total. The van der Waals surface area contributed by atoms with Gasteiger partial charge in [0, 0.05) is 29.9 Å². The number of nitrogens with one attached hydrogen (secondary N) is 1. The highest BCUT2D eigenvalue weighted by atomic mass is 35.5. The molecule has 0 unspecified atom stereocenters. The number of amides is 2. The van der Waals surface area contributed by atoms with Gasteiger partial charge < -0.3 is 10.2 Å². The molecule has 1 atom stereocenters. The minimum atomic E-state index is -0.645. The number of hydrogen-bond donors (Lipinski definition) is 1. The SMILES string of the molecule is CC(C)c1ccc(CCC(=O)N(Cc2ccc(Cl)cc2)[C@H](Cc2ccccc2)C(=O)NC(C)(C)C)cc1. The topological polar surface area (TPSA) is 49.4 Å². The average molecular weight is 519 g/mol. The summed E-state index contributed by atoms with van der Waals surface area (Å²) >= 11 is 6.11. The van der Waals surface area contributed by atoms with E-state index >= 15 is 0 Å². The summed E-state index contributed by atoms with van der Waals surface area (Å²) < 4.78 is 0. The lowest BCUT2D eigenvalue weighted by atomic mass is 9.98. The van der Waals surface area contributed by atoms with Gasteiger partial charge in [-0.25, -0.2) is 0 Å². The third kappa shape index (κ3) is 9.05. The Morgan fingerprint density at radius 3 is 2.00 bits per heavy atom. The number of benzene rings is 3. The van der Waals surface area contributed by atoms with Gasteiger partial charge in [-0.05, 0) is 67.5 Å². The second-order valence-electron chi connectivity index (χ2n) is 11.0. The Labute approximate surface area is 227 Å². The van der Waals surface area contributed by atoms with Gasteiger partial charge in [-0.3, -0.25) is 9.59 Å². The van der Waals surface area contributed by atoms with E-state index in [9.17, 15) is 9.59 Å². The van der Waals surface area contributed by atoms with Crippen LogP contribution in [0.3, 0.4) is 0 Å². The second-order valence-corrected chi connectivity index (χ2v) is 11.4. The van der Waals surface area contributed by atoms with Crippen LogP contribution in [0.1, 0.15) is 69.2 Å². The summed E-state index contributed by atoms with van der Waals surface area (Å²) in [6.45, 7) is 10.5. The van der Waals surface area contributed by atoms with Crippen LogP contribution in [0.4, 0.5) is 0 Å². The van der Waals surface area contributed by atoms with Crippen molar-refractivity contribution in [2.24, 2.45) is 0 Å². The lowest BCUT2D eigenvalue weighted by Gasteiger charge is -2.34. The van der Waals surface area contributed by atoms with E-state index < -0.39 is 11.6 Å². The highest BCUT2D eigenvalue weighted by molar-refractivity contribution is 6.30. The molecule has 0 aliphatic heterocycles. The molecule has 0 fully saturated rings. The van der Waals surface area contributed by atoms with Crippen molar-refractivity contribution in [2.45, 2.75) is 77.9 Å². The maximum Gasteiger partial charge on any atom is 0.243 e. The Balaban J connectivity index is 1.89. The van der Waals surface area contributed by atoms with Gasteiger partial charge in [-0.15, -0.1) is 0 Å². The number of carbonyl (C=O) groups excluding carboxylic acids is 2. The second kappa shape index (κ2) is 12.9. The molecule has 0 aromatic heterocycles. The van der Waals surface area contributed by atoms with Crippen LogP contribution in [0.5, 0.6) is 0 Å². The van der Waals surface area contributed by atoms with Gasteiger partial charge in [0.15, 0.2) is 0 Å². The van der Waals surface area contributed by atoms with Crippen LogP contribution in [0.2, 0.25) is 5.02 Å². The van der Waals surface area contributed by atoms with Crippen LogP contribution in [0.25, 0.3) is 0 Å². The molecule has 5 heteroatoms. The molecule has 196 valence electrons. The molecule has 0 spiro atoms. The van der Waals surface area contributed by atoms with E-state index in [1.807, 2.05) is 75.4 Å². The van der Waals surface area contributed by atoms with Crippen LogP contribution >= 0.6 is 11.6 Å². The Hall–Kier alpha value is -3.11. The predicted molar refractivity (Wildman–Crippen MR) is 153 cm³/mol. The third-order valence-corrected chi connectivity index (χ3v) is 6.56. The van der Waals surface area contributed by atoms with E-state index in [0.29, 0.717) is 36.7 Å². The van der Waals surface area contributed by atoms with E-state index in [2.05, 4.69) is 43.4 Å². The van der Waals surface area contributed by atoms with E-state index in [1.54, 1.807) is 4.90 Å². The molecular weight excluding hydrogens is 480 g/mol. The van der Waals surface area contributed by atoms with Crippen LogP contribution in [-0.2, 0) is 29.0 Å². The zero-order chi connectivity index (χ0) is 27.0. The third-order valence-electron chi connectivity index (χ3n) is 6.31. The van der Waals surface area contributed by atoms with Crippen molar-refractivity contribution < 1.29 is 9.59 Å². The van der Waals surface area contributed by atoms with Crippen molar-refractivity contribution in [3.05, 3.63) is 106 Å². The monoisotopic (exact) mass is 518 g/mol. The maximum atomic E-state index is 13.8. The van der Waals surface area contributed by atoms with Crippen molar-refractivity contribution in [3.63, 3.8) is 0 Å². The molecular formula is C32H39ClN2O2. The first-order valence-electron chi connectivity index (χ1n) is 13.0. The molecule has 0 heterocycles. The average Bonchev–Trinajstić information content (AvgIpc) is 2.85. The molecule has 3 aromatic carbocycles. The smallest absolute Gasteiger partial charge is 0.243 e. The zero-order valence-corrected chi connectivity index (χ0v) is 23.4. The van der Waals surface area contributed by atoms with Crippen LogP contribution in [0, 0.1) is 0 Å². The summed E-state index contributed by atoms with van der Waals surface area (Å²) in [5.41, 5.74) is 3.92. The fraction of sp³-hybridized carbons (Fsp3) is 0.375.